The minimum atomic E-state index is -4.99. The maximum atomic E-state index is 12.6. The Kier molecular flexibility index (Phi) is 4.28. The normalized spacial score (nSPS) is 11.7. The van der Waals surface area contributed by atoms with Crippen LogP contribution in [0.1, 0.15) is 23.4 Å². The predicted molar refractivity (Wildman–Crippen MR) is 54.3 cm³/mol. The number of anilines is 1. The number of halogens is 5. The van der Waals surface area contributed by atoms with Crippen molar-refractivity contribution < 1.29 is 31.5 Å². The molecule has 9 heteroatoms. The number of nitrogens with zero attached hydrogens (tertiary/aromatic N) is 1. The second kappa shape index (κ2) is 5.37. The largest absolute Gasteiger partial charge is 0.469 e. The fourth-order valence-corrected chi connectivity index (χ4v) is 1.33. The molecule has 0 bridgehead atoms. The van der Waals surface area contributed by atoms with Gasteiger partial charge in [0.2, 0.25) is 0 Å². The van der Waals surface area contributed by atoms with Crippen LogP contribution in [0.25, 0.3) is 0 Å². The number of carbonyl (C=O) groups excluding carboxylic acids is 1. The van der Waals surface area contributed by atoms with Gasteiger partial charge in [-0.2, -0.15) is 13.2 Å². The third kappa shape index (κ3) is 3.52. The van der Waals surface area contributed by atoms with E-state index < -0.39 is 47.6 Å². The molecule has 0 amide bonds. The van der Waals surface area contributed by atoms with Gasteiger partial charge in [-0.3, -0.25) is 4.79 Å². The van der Waals surface area contributed by atoms with Crippen LogP contribution in [-0.2, 0) is 22.1 Å². The molecule has 0 aliphatic rings. The molecule has 0 aliphatic carbocycles. The third-order valence-electron chi connectivity index (χ3n) is 2.22. The van der Waals surface area contributed by atoms with Crippen LogP contribution in [0, 0.1) is 0 Å². The van der Waals surface area contributed by atoms with E-state index in [0.29, 0.717) is 6.07 Å². The van der Waals surface area contributed by atoms with E-state index in [9.17, 15) is 26.7 Å². The molecule has 4 nitrogen and oxygen atoms in total. The van der Waals surface area contributed by atoms with Crippen LogP contribution in [0.2, 0.25) is 0 Å². The van der Waals surface area contributed by atoms with Crippen molar-refractivity contribution in [2.24, 2.45) is 0 Å². The van der Waals surface area contributed by atoms with Gasteiger partial charge >= 0.3 is 12.1 Å². The van der Waals surface area contributed by atoms with Crippen LogP contribution >= 0.6 is 0 Å². The number of aromatic nitrogens is 1. The summed E-state index contributed by atoms with van der Waals surface area (Å²) in [5, 5.41) is 0. The number of nitrogens with two attached hydrogens (primary N) is 1. The summed E-state index contributed by atoms with van der Waals surface area (Å²) in [5.74, 6) is -0.897. The average molecular weight is 284 g/mol. The molecule has 1 rings (SSSR count). The van der Waals surface area contributed by atoms with Crippen molar-refractivity contribution in [2.45, 2.75) is 19.0 Å². The van der Waals surface area contributed by atoms with Crippen LogP contribution in [-0.4, -0.2) is 18.1 Å². The van der Waals surface area contributed by atoms with Gasteiger partial charge in [-0.1, -0.05) is 0 Å². The molecule has 1 aromatic heterocycles. The lowest BCUT2D eigenvalue weighted by Crippen LogP contribution is -2.17. The number of hydrogen-bond acceptors (Lipinski definition) is 4. The van der Waals surface area contributed by atoms with E-state index in [1.807, 2.05) is 0 Å². The molecule has 19 heavy (non-hydrogen) atoms. The topological polar surface area (TPSA) is 65.2 Å². The van der Waals surface area contributed by atoms with Crippen LogP contribution in [0.5, 0.6) is 0 Å². The molecule has 0 aromatic carbocycles. The first kappa shape index (κ1) is 15.1. The summed E-state index contributed by atoms with van der Waals surface area (Å²) in [6, 6.07) is 0.659. The molecule has 1 heterocycles. The first-order valence-corrected chi connectivity index (χ1v) is 4.88. The molecule has 0 aliphatic heterocycles. The summed E-state index contributed by atoms with van der Waals surface area (Å²) in [6.07, 6.45) is -8.84. The second-order valence-electron chi connectivity index (χ2n) is 3.52. The Balaban J connectivity index is 3.37. The van der Waals surface area contributed by atoms with E-state index in [-0.39, 0.29) is 0 Å². The standard InChI is InChI=1S/C10H9F5N2O2/c1-19-6(18)3-4-2-5(9(11)12)17-8(7(4)16)10(13,14)15/h2,9H,3,16H2,1H3. The zero-order valence-electron chi connectivity index (χ0n) is 9.59. The lowest BCUT2D eigenvalue weighted by molar-refractivity contribution is -0.142. The van der Waals surface area contributed by atoms with Crippen LogP contribution in [0.4, 0.5) is 27.6 Å². The van der Waals surface area contributed by atoms with Gasteiger partial charge in [-0.05, 0) is 11.6 Å². The highest BCUT2D eigenvalue weighted by atomic mass is 19.4. The Hall–Kier alpha value is -1.93. The highest BCUT2D eigenvalue weighted by Crippen LogP contribution is 2.35. The predicted octanol–water partition coefficient (Wildman–Crippen LogP) is 2.34. The smallest absolute Gasteiger partial charge is 0.435 e. The lowest BCUT2D eigenvalue weighted by atomic mass is 10.1. The Morgan fingerprint density at radius 2 is 2.05 bits per heavy atom. The fourth-order valence-electron chi connectivity index (χ4n) is 1.33. The Morgan fingerprint density at radius 1 is 1.47 bits per heavy atom. The summed E-state index contributed by atoms with van der Waals surface area (Å²) in [5.41, 5.74) is 1.22. The number of rotatable bonds is 3. The number of pyridine rings is 1. The van der Waals surface area contributed by atoms with E-state index >= 15 is 0 Å². The zero-order valence-corrected chi connectivity index (χ0v) is 9.59. The summed E-state index contributed by atoms with van der Waals surface area (Å²) in [7, 11) is 1.01. The first-order chi connectivity index (χ1) is 8.66. The number of ether oxygens (including phenoxy) is 1. The van der Waals surface area contributed by atoms with Crippen molar-refractivity contribution in [3.63, 3.8) is 0 Å². The summed E-state index contributed by atoms with van der Waals surface area (Å²) >= 11 is 0. The number of carbonyl (C=O) groups is 1. The van der Waals surface area contributed by atoms with Crippen molar-refractivity contribution in [3.05, 3.63) is 23.0 Å². The van der Waals surface area contributed by atoms with Gasteiger partial charge in [-0.15, -0.1) is 0 Å². The van der Waals surface area contributed by atoms with Gasteiger partial charge in [0.25, 0.3) is 6.43 Å². The highest BCUT2D eigenvalue weighted by Gasteiger charge is 2.37. The minimum Gasteiger partial charge on any atom is -0.469 e. The fraction of sp³-hybridized carbons (Fsp3) is 0.400. The molecule has 0 fully saturated rings. The van der Waals surface area contributed by atoms with Gasteiger partial charge in [0.15, 0.2) is 5.69 Å². The van der Waals surface area contributed by atoms with Crippen molar-refractivity contribution in [1.82, 2.24) is 4.98 Å². The molecular formula is C10H9F5N2O2. The van der Waals surface area contributed by atoms with Crippen LogP contribution in [0.15, 0.2) is 6.07 Å². The minimum absolute atomic E-state index is 0.399. The third-order valence-corrected chi connectivity index (χ3v) is 2.22. The van der Waals surface area contributed by atoms with Crippen molar-refractivity contribution in [1.29, 1.82) is 0 Å². The van der Waals surface area contributed by atoms with Gasteiger partial charge in [-0.25, -0.2) is 13.8 Å². The van der Waals surface area contributed by atoms with Gasteiger partial charge < -0.3 is 10.5 Å². The zero-order chi connectivity index (χ0) is 14.8. The molecule has 0 saturated carbocycles. The maximum Gasteiger partial charge on any atom is 0.435 e. The molecule has 0 spiro atoms. The Morgan fingerprint density at radius 3 is 2.47 bits per heavy atom. The first-order valence-electron chi connectivity index (χ1n) is 4.88. The summed E-state index contributed by atoms with van der Waals surface area (Å²) in [6.45, 7) is 0. The molecule has 2 N–H and O–H groups in total. The summed E-state index contributed by atoms with van der Waals surface area (Å²) in [4.78, 5) is 13.8. The van der Waals surface area contributed by atoms with Crippen molar-refractivity contribution >= 4 is 11.7 Å². The number of nitrogen functional groups attached to an aromatic ring is 1. The number of esters is 1. The average Bonchev–Trinajstić information content (AvgIpc) is 2.29. The van der Waals surface area contributed by atoms with Gasteiger partial charge in [0.1, 0.15) is 5.69 Å². The van der Waals surface area contributed by atoms with Crippen molar-refractivity contribution in [3.8, 4) is 0 Å². The van der Waals surface area contributed by atoms with E-state index in [1.165, 1.54) is 0 Å². The van der Waals surface area contributed by atoms with Crippen LogP contribution in [0.3, 0.4) is 0 Å². The maximum absolute atomic E-state index is 12.6. The molecule has 106 valence electrons. The van der Waals surface area contributed by atoms with E-state index in [1.54, 1.807) is 0 Å². The molecule has 0 unspecified atom stereocenters. The van der Waals surface area contributed by atoms with Crippen molar-refractivity contribution in [2.75, 3.05) is 12.8 Å². The van der Waals surface area contributed by atoms with E-state index in [2.05, 4.69) is 9.72 Å². The number of hydrogen-bond donors (Lipinski definition) is 1. The quantitative estimate of drug-likeness (QED) is 0.683. The van der Waals surface area contributed by atoms with Gasteiger partial charge in [0.05, 0.1) is 19.2 Å². The lowest BCUT2D eigenvalue weighted by Gasteiger charge is -2.14. The molecule has 0 atom stereocenters. The molecule has 0 radical (unpaired) electrons. The monoisotopic (exact) mass is 284 g/mol. The van der Waals surface area contributed by atoms with Crippen LogP contribution < -0.4 is 5.73 Å². The Bertz CT molecular complexity index is 488. The van der Waals surface area contributed by atoms with E-state index in [0.717, 1.165) is 7.11 Å². The number of methoxy groups -OCH3 is 1. The summed E-state index contributed by atoms with van der Waals surface area (Å²) < 4.78 is 67.0. The van der Waals surface area contributed by atoms with E-state index in [4.69, 9.17) is 5.73 Å². The molecule has 0 saturated heterocycles. The Labute approximate surface area is 104 Å². The molecule has 1 aromatic rings. The SMILES string of the molecule is COC(=O)Cc1cc(C(F)F)nc(C(F)(F)F)c1N. The van der Waals surface area contributed by atoms with Gasteiger partial charge in [0, 0.05) is 0 Å². The molecular weight excluding hydrogens is 275 g/mol. The number of alkyl halides is 5. The highest BCUT2D eigenvalue weighted by molar-refractivity contribution is 5.75. The second-order valence-corrected chi connectivity index (χ2v) is 3.52.